The summed E-state index contributed by atoms with van der Waals surface area (Å²) in [5.41, 5.74) is 0. The van der Waals surface area contributed by atoms with Crippen molar-refractivity contribution in [2.45, 2.75) is 45.2 Å². The van der Waals surface area contributed by atoms with Crippen LogP contribution in [0.1, 0.15) is 33.1 Å². The van der Waals surface area contributed by atoms with Crippen LogP contribution in [-0.2, 0) is 9.53 Å². The largest absolute Gasteiger partial charge is 0.466 e. The maximum atomic E-state index is 11.0. The summed E-state index contributed by atoms with van der Waals surface area (Å²) in [6, 6.07) is 0.906. The van der Waals surface area contributed by atoms with Gasteiger partial charge in [0.05, 0.1) is 13.0 Å². The van der Waals surface area contributed by atoms with Crippen molar-refractivity contribution in [3.8, 4) is 0 Å². The summed E-state index contributed by atoms with van der Waals surface area (Å²) < 4.78 is 4.86. The molecule has 0 aliphatic carbocycles. The van der Waals surface area contributed by atoms with E-state index < -0.39 is 0 Å². The van der Waals surface area contributed by atoms with Crippen LogP contribution in [0, 0.1) is 0 Å². The van der Waals surface area contributed by atoms with Crippen LogP contribution in [0.5, 0.6) is 0 Å². The van der Waals surface area contributed by atoms with Gasteiger partial charge in [0, 0.05) is 12.1 Å². The van der Waals surface area contributed by atoms with E-state index in [1.54, 1.807) is 0 Å². The highest BCUT2D eigenvalue weighted by molar-refractivity contribution is 5.70. The zero-order valence-electron chi connectivity index (χ0n) is 7.80. The second-order valence-electron chi connectivity index (χ2n) is 3.35. The Balaban J connectivity index is 2.18. The average molecular weight is 171 g/mol. The van der Waals surface area contributed by atoms with Gasteiger partial charge in [0.25, 0.3) is 0 Å². The van der Waals surface area contributed by atoms with Crippen LogP contribution >= 0.6 is 0 Å². The second kappa shape index (κ2) is 4.45. The van der Waals surface area contributed by atoms with Gasteiger partial charge in [-0.05, 0) is 26.7 Å². The molecule has 2 atom stereocenters. The van der Waals surface area contributed by atoms with Crippen LogP contribution in [0.3, 0.4) is 0 Å². The molecule has 12 heavy (non-hydrogen) atoms. The maximum Gasteiger partial charge on any atom is 0.307 e. The van der Waals surface area contributed by atoms with E-state index in [1.165, 1.54) is 6.42 Å². The Hall–Kier alpha value is -0.570. The number of hydrogen-bond donors (Lipinski definition) is 1. The molecule has 3 nitrogen and oxygen atoms in total. The lowest BCUT2D eigenvalue weighted by atomic mass is 10.1. The summed E-state index contributed by atoms with van der Waals surface area (Å²) in [4.78, 5) is 11.0. The molecule has 0 aromatic carbocycles. The zero-order chi connectivity index (χ0) is 8.97. The summed E-state index contributed by atoms with van der Waals surface area (Å²) in [5.74, 6) is -0.0795. The number of nitrogens with one attached hydrogen (secondary N) is 1. The third-order valence-electron chi connectivity index (χ3n) is 2.19. The minimum atomic E-state index is -0.0795. The Labute approximate surface area is 73.5 Å². The van der Waals surface area contributed by atoms with Crippen molar-refractivity contribution in [2.75, 3.05) is 6.61 Å². The molecule has 1 aliphatic rings. The van der Waals surface area contributed by atoms with Crippen LogP contribution in [0.2, 0.25) is 0 Å². The number of esters is 1. The zero-order valence-corrected chi connectivity index (χ0v) is 7.80. The maximum absolute atomic E-state index is 11.0. The van der Waals surface area contributed by atoms with Crippen molar-refractivity contribution in [3.05, 3.63) is 0 Å². The first kappa shape index (κ1) is 9.52. The lowest BCUT2D eigenvalue weighted by Crippen LogP contribution is -2.29. The van der Waals surface area contributed by atoms with E-state index in [4.69, 9.17) is 4.74 Å². The van der Waals surface area contributed by atoms with Gasteiger partial charge in [-0.15, -0.1) is 0 Å². The number of rotatable bonds is 3. The highest BCUT2D eigenvalue weighted by Gasteiger charge is 2.22. The molecule has 0 unspecified atom stereocenters. The summed E-state index contributed by atoms with van der Waals surface area (Å²) in [5, 5.41) is 3.34. The van der Waals surface area contributed by atoms with Gasteiger partial charge in [0.1, 0.15) is 0 Å². The average Bonchev–Trinajstić information content (AvgIpc) is 2.36. The Kier molecular flexibility index (Phi) is 3.53. The van der Waals surface area contributed by atoms with Gasteiger partial charge < -0.3 is 10.1 Å². The molecule has 0 bridgehead atoms. The van der Waals surface area contributed by atoms with Crippen molar-refractivity contribution in [2.24, 2.45) is 0 Å². The second-order valence-corrected chi connectivity index (χ2v) is 3.35. The highest BCUT2D eigenvalue weighted by atomic mass is 16.5. The Bertz CT molecular complexity index is 159. The molecule has 3 heteroatoms. The fraction of sp³-hybridized carbons (Fsp3) is 0.889. The predicted octanol–water partition coefficient (Wildman–Crippen LogP) is 1.08. The molecule has 1 saturated heterocycles. The summed E-state index contributed by atoms with van der Waals surface area (Å²) in [7, 11) is 0. The lowest BCUT2D eigenvalue weighted by molar-refractivity contribution is -0.143. The molecule has 1 rings (SSSR count). The van der Waals surface area contributed by atoms with Gasteiger partial charge in [-0.2, -0.15) is 0 Å². The fourth-order valence-electron chi connectivity index (χ4n) is 1.60. The number of hydrogen-bond acceptors (Lipinski definition) is 3. The highest BCUT2D eigenvalue weighted by Crippen LogP contribution is 2.14. The normalized spacial score (nSPS) is 28.8. The van der Waals surface area contributed by atoms with Crippen molar-refractivity contribution in [1.82, 2.24) is 5.32 Å². The summed E-state index contributed by atoms with van der Waals surface area (Å²) in [6.45, 7) is 4.47. The van der Waals surface area contributed by atoms with E-state index >= 15 is 0 Å². The van der Waals surface area contributed by atoms with Gasteiger partial charge in [-0.1, -0.05) is 0 Å². The summed E-state index contributed by atoms with van der Waals surface area (Å²) >= 11 is 0. The van der Waals surface area contributed by atoms with Crippen LogP contribution < -0.4 is 5.32 Å². The number of carbonyl (C=O) groups is 1. The number of ether oxygens (including phenoxy) is 1. The van der Waals surface area contributed by atoms with Crippen molar-refractivity contribution < 1.29 is 9.53 Å². The molecule has 0 saturated carbocycles. The lowest BCUT2D eigenvalue weighted by Gasteiger charge is -2.10. The van der Waals surface area contributed by atoms with E-state index in [1.807, 2.05) is 6.92 Å². The van der Waals surface area contributed by atoms with E-state index in [2.05, 4.69) is 12.2 Å². The standard InChI is InChI=1S/C9H17NO2/c1-3-12-9(11)6-8-5-4-7(2)10-8/h7-8,10H,3-6H2,1-2H3/t7-,8-/m0/s1. The molecular formula is C9H17NO2. The molecule has 1 N–H and O–H groups in total. The first-order valence-corrected chi connectivity index (χ1v) is 4.64. The third-order valence-corrected chi connectivity index (χ3v) is 2.19. The molecule has 1 heterocycles. The van der Waals surface area contributed by atoms with Crippen molar-refractivity contribution in [3.63, 3.8) is 0 Å². The molecule has 0 amide bonds. The third kappa shape index (κ3) is 2.81. The number of carbonyl (C=O) groups excluding carboxylic acids is 1. The molecular weight excluding hydrogens is 154 g/mol. The molecule has 1 fully saturated rings. The predicted molar refractivity (Wildman–Crippen MR) is 46.9 cm³/mol. The Morgan fingerprint density at radius 3 is 2.83 bits per heavy atom. The molecule has 0 aromatic heterocycles. The molecule has 1 aliphatic heterocycles. The minimum Gasteiger partial charge on any atom is -0.466 e. The van der Waals surface area contributed by atoms with Gasteiger partial charge >= 0.3 is 5.97 Å². The van der Waals surface area contributed by atoms with E-state index in [-0.39, 0.29) is 5.97 Å². The van der Waals surface area contributed by atoms with Crippen molar-refractivity contribution in [1.29, 1.82) is 0 Å². The van der Waals surface area contributed by atoms with Crippen LogP contribution in [0.15, 0.2) is 0 Å². The van der Waals surface area contributed by atoms with E-state index in [0.717, 1.165) is 6.42 Å². The Morgan fingerprint density at radius 1 is 1.58 bits per heavy atom. The monoisotopic (exact) mass is 171 g/mol. The SMILES string of the molecule is CCOC(=O)C[C@@H]1CC[C@H](C)N1. The Morgan fingerprint density at radius 2 is 2.33 bits per heavy atom. The minimum absolute atomic E-state index is 0.0795. The quantitative estimate of drug-likeness (QED) is 0.646. The molecule has 0 spiro atoms. The molecule has 0 aromatic rings. The molecule has 0 radical (unpaired) electrons. The topological polar surface area (TPSA) is 38.3 Å². The van der Waals surface area contributed by atoms with E-state index in [9.17, 15) is 4.79 Å². The van der Waals surface area contributed by atoms with Gasteiger partial charge in [0.2, 0.25) is 0 Å². The van der Waals surface area contributed by atoms with Crippen LogP contribution in [0.4, 0.5) is 0 Å². The smallest absolute Gasteiger partial charge is 0.307 e. The van der Waals surface area contributed by atoms with Crippen LogP contribution in [-0.4, -0.2) is 24.7 Å². The first-order valence-electron chi connectivity index (χ1n) is 4.64. The van der Waals surface area contributed by atoms with Crippen molar-refractivity contribution >= 4 is 5.97 Å². The van der Waals surface area contributed by atoms with E-state index in [0.29, 0.717) is 25.1 Å². The van der Waals surface area contributed by atoms with Crippen LogP contribution in [0.25, 0.3) is 0 Å². The summed E-state index contributed by atoms with van der Waals surface area (Å²) in [6.07, 6.45) is 2.79. The molecule has 70 valence electrons. The van der Waals surface area contributed by atoms with Gasteiger partial charge in [0.15, 0.2) is 0 Å². The fourth-order valence-corrected chi connectivity index (χ4v) is 1.60. The van der Waals surface area contributed by atoms with Gasteiger partial charge in [-0.25, -0.2) is 0 Å². The van der Waals surface area contributed by atoms with Gasteiger partial charge in [-0.3, -0.25) is 4.79 Å². The first-order chi connectivity index (χ1) is 5.72.